The molecule has 30 heavy (non-hydrogen) atoms. The summed E-state index contributed by atoms with van der Waals surface area (Å²) in [5.74, 6) is -0.235. The normalized spacial score (nSPS) is 11.8. The van der Waals surface area contributed by atoms with Crippen LogP contribution < -0.4 is 10.1 Å². The standard InChI is InChI=1S/C22H25Cl3N2O3/c1-4-19(22(29)26-14(2)3)27(12-15-16(23)9-7-10-17(15)24)21(28)13-30-20-11-6-5-8-18(20)25/h5-11,14,19H,4,12-13H2,1-3H3,(H,26,29)/t19-/m0/s1. The number of hydrogen-bond acceptors (Lipinski definition) is 3. The highest BCUT2D eigenvalue weighted by Crippen LogP contribution is 2.27. The van der Waals surface area contributed by atoms with Crippen LogP contribution in [0.3, 0.4) is 0 Å². The van der Waals surface area contributed by atoms with Crippen molar-refractivity contribution in [3.05, 3.63) is 63.1 Å². The monoisotopic (exact) mass is 470 g/mol. The first-order valence-corrected chi connectivity index (χ1v) is 10.8. The summed E-state index contributed by atoms with van der Waals surface area (Å²) in [5, 5.41) is 4.11. The molecular formula is C22H25Cl3N2O3. The molecule has 0 bridgehead atoms. The van der Waals surface area contributed by atoms with Gasteiger partial charge in [0.2, 0.25) is 5.91 Å². The van der Waals surface area contributed by atoms with Gasteiger partial charge in [0, 0.05) is 28.2 Å². The molecule has 0 aliphatic rings. The Labute approximate surface area is 192 Å². The Hall–Kier alpha value is -1.95. The molecule has 0 heterocycles. The van der Waals surface area contributed by atoms with Crippen LogP contribution in [0.15, 0.2) is 42.5 Å². The highest BCUT2D eigenvalue weighted by atomic mass is 35.5. The smallest absolute Gasteiger partial charge is 0.261 e. The Bertz CT molecular complexity index is 869. The number of nitrogens with one attached hydrogen (secondary N) is 1. The first-order valence-electron chi connectivity index (χ1n) is 9.64. The molecule has 2 amide bonds. The minimum absolute atomic E-state index is 0.0632. The van der Waals surface area contributed by atoms with Crippen molar-refractivity contribution >= 4 is 46.6 Å². The molecule has 0 unspecified atom stereocenters. The van der Waals surface area contributed by atoms with E-state index in [0.717, 1.165) is 0 Å². The van der Waals surface area contributed by atoms with Crippen LogP contribution in [-0.4, -0.2) is 35.4 Å². The average molecular weight is 472 g/mol. The van der Waals surface area contributed by atoms with Crippen molar-refractivity contribution in [2.75, 3.05) is 6.61 Å². The van der Waals surface area contributed by atoms with Gasteiger partial charge >= 0.3 is 0 Å². The lowest BCUT2D eigenvalue weighted by molar-refractivity contribution is -0.143. The molecule has 0 aliphatic heterocycles. The lowest BCUT2D eigenvalue weighted by Gasteiger charge is -2.31. The second-order valence-corrected chi connectivity index (χ2v) is 8.25. The molecule has 0 spiro atoms. The van der Waals surface area contributed by atoms with Crippen molar-refractivity contribution < 1.29 is 14.3 Å². The molecule has 0 saturated heterocycles. The Balaban J connectivity index is 2.30. The number of carbonyl (C=O) groups is 2. The maximum atomic E-state index is 13.1. The predicted molar refractivity (Wildman–Crippen MR) is 121 cm³/mol. The van der Waals surface area contributed by atoms with Crippen molar-refractivity contribution in [1.82, 2.24) is 10.2 Å². The van der Waals surface area contributed by atoms with Gasteiger partial charge in [-0.1, -0.05) is 59.9 Å². The Kier molecular flexibility index (Phi) is 9.28. The number of amides is 2. The number of benzene rings is 2. The zero-order valence-corrected chi connectivity index (χ0v) is 19.4. The van der Waals surface area contributed by atoms with E-state index in [1.165, 1.54) is 4.90 Å². The van der Waals surface area contributed by atoms with E-state index in [0.29, 0.717) is 32.8 Å². The minimum atomic E-state index is -0.706. The van der Waals surface area contributed by atoms with Gasteiger partial charge in [0.1, 0.15) is 11.8 Å². The van der Waals surface area contributed by atoms with Gasteiger partial charge in [0.25, 0.3) is 5.91 Å². The second kappa shape index (κ2) is 11.4. The minimum Gasteiger partial charge on any atom is -0.482 e. The van der Waals surface area contributed by atoms with Gasteiger partial charge in [0.05, 0.1) is 5.02 Å². The number of ether oxygens (including phenoxy) is 1. The van der Waals surface area contributed by atoms with E-state index in [1.54, 1.807) is 42.5 Å². The third-order valence-electron chi connectivity index (χ3n) is 4.39. The topological polar surface area (TPSA) is 58.6 Å². The lowest BCUT2D eigenvalue weighted by atomic mass is 10.1. The van der Waals surface area contributed by atoms with E-state index < -0.39 is 6.04 Å². The molecule has 8 heteroatoms. The molecular weight excluding hydrogens is 447 g/mol. The van der Waals surface area contributed by atoms with E-state index in [-0.39, 0.29) is 31.0 Å². The van der Waals surface area contributed by atoms with E-state index in [1.807, 2.05) is 20.8 Å². The van der Waals surface area contributed by atoms with Crippen LogP contribution in [-0.2, 0) is 16.1 Å². The van der Waals surface area contributed by atoms with Crippen LogP contribution in [0.5, 0.6) is 5.75 Å². The van der Waals surface area contributed by atoms with E-state index >= 15 is 0 Å². The molecule has 162 valence electrons. The molecule has 0 aromatic heterocycles. The van der Waals surface area contributed by atoms with E-state index in [2.05, 4.69) is 5.32 Å². The predicted octanol–water partition coefficient (Wildman–Crippen LogP) is 5.36. The summed E-state index contributed by atoms with van der Waals surface area (Å²) in [6.07, 6.45) is 0.415. The molecule has 0 radical (unpaired) electrons. The molecule has 5 nitrogen and oxygen atoms in total. The van der Waals surface area contributed by atoms with Crippen molar-refractivity contribution in [3.8, 4) is 5.75 Å². The van der Waals surface area contributed by atoms with Gasteiger partial charge in [0.15, 0.2) is 6.61 Å². The van der Waals surface area contributed by atoms with E-state index in [9.17, 15) is 9.59 Å². The zero-order valence-electron chi connectivity index (χ0n) is 17.1. The second-order valence-electron chi connectivity index (χ2n) is 7.03. The van der Waals surface area contributed by atoms with Crippen LogP contribution in [0.1, 0.15) is 32.8 Å². The molecule has 0 saturated carbocycles. The third kappa shape index (κ3) is 6.53. The number of halogens is 3. The van der Waals surface area contributed by atoms with Gasteiger partial charge in [-0.3, -0.25) is 9.59 Å². The van der Waals surface area contributed by atoms with Crippen LogP contribution in [0.4, 0.5) is 0 Å². The molecule has 0 fully saturated rings. The van der Waals surface area contributed by atoms with Crippen LogP contribution in [0.25, 0.3) is 0 Å². The number of hydrogen-bond donors (Lipinski definition) is 1. The maximum absolute atomic E-state index is 13.1. The quantitative estimate of drug-likeness (QED) is 0.536. The van der Waals surface area contributed by atoms with Crippen molar-refractivity contribution in [2.45, 2.75) is 45.8 Å². The number of rotatable bonds is 9. The molecule has 2 aromatic rings. The molecule has 2 rings (SSSR count). The van der Waals surface area contributed by atoms with Crippen LogP contribution in [0.2, 0.25) is 15.1 Å². The highest BCUT2D eigenvalue weighted by Gasteiger charge is 2.30. The van der Waals surface area contributed by atoms with Gasteiger partial charge in [-0.2, -0.15) is 0 Å². The third-order valence-corrected chi connectivity index (χ3v) is 5.42. The van der Waals surface area contributed by atoms with Gasteiger partial charge in [-0.15, -0.1) is 0 Å². The van der Waals surface area contributed by atoms with E-state index in [4.69, 9.17) is 39.5 Å². The van der Waals surface area contributed by atoms with Gasteiger partial charge < -0.3 is 15.0 Å². The fraction of sp³-hybridized carbons (Fsp3) is 0.364. The largest absolute Gasteiger partial charge is 0.482 e. The van der Waals surface area contributed by atoms with Crippen LogP contribution >= 0.6 is 34.8 Å². The van der Waals surface area contributed by atoms with Crippen molar-refractivity contribution in [1.29, 1.82) is 0 Å². The first-order chi connectivity index (χ1) is 14.2. The first kappa shape index (κ1) is 24.3. The number of para-hydroxylation sites is 1. The summed E-state index contributed by atoms with van der Waals surface area (Å²) in [7, 11) is 0. The molecule has 1 N–H and O–H groups in total. The van der Waals surface area contributed by atoms with Crippen molar-refractivity contribution in [3.63, 3.8) is 0 Å². The summed E-state index contributed by atoms with van der Waals surface area (Å²) < 4.78 is 5.61. The molecule has 0 aliphatic carbocycles. The fourth-order valence-electron chi connectivity index (χ4n) is 2.94. The zero-order chi connectivity index (χ0) is 22.3. The summed E-state index contributed by atoms with van der Waals surface area (Å²) in [4.78, 5) is 27.4. The Morgan fingerprint density at radius 1 is 1.00 bits per heavy atom. The number of carbonyl (C=O) groups excluding carboxylic acids is 2. The van der Waals surface area contributed by atoms with Gasteiger partial charge in [-0.05, 0) is 44.5 Å². The van der Waals surface area contributed by atoms with Gasteiger partial charge in [-0.25, -0.2) is 0 Å². The summed E-state index contributed by atoms with van der Waals surface area (Å²) in [6.45, 7) is 5.36. The van der Waals surface area contributed by atoms with Crippen LogP contribution in [0, 0.1) is 0 Å². The SMILES string of the molecule is CC[C@@H](C(=O)NC(C)C)N(Cc1c(Cl)cccc1Cl)C(=O)COc1ccccc1Cl. The van der Waals surface area contributed by atoms with Crippen molar-refractivity contribution in [2.24, 2.45) is 0 Å². The molecule has 1 atom stereocenters. The highest BCUT2D eigenvalue weighted by molar-refractivity contribution is 6.36. The Morgan fingerprint density at radius 3 is 2.17 bits per heavy atom. The average Bonchev–Trinajstić information content (AvgIpc) is 2.68. The molecule has 2 aromatic carbocycles. The summed E-state index contributed by atoms with van der Waals surface area (Å²) in [6, 6.07) is 11.2. The number of nitrogens with zero attached hydrogens (tertiary/aromatic N) is 1. The maximum Gasteiger partial charge on any atom is 0.261 e. The fourth-order valence-corrected chi connectivity index (χ4v) is 3.65. The Morgan fingerprint density at radius 2 is 1.60 bits per heavy atom. The summed E-state index contributed by atoms with van der Waals surface area (Å²) >= 11 is 18.7. The summed E-state index contributed by atoms with van der Waals surface area (Å²) in [5.41, 5.74) is 0.572. The lowest BCUT2D eigenvalue weighted by Crippen LogP contribution is -2.51.